The van der Waals surface area contributed by atoms with Gasteiger partial charge in [0.25, 0.3) is 0 Å². The molecule has 0 radical (unpaired) electrons. The molecule has 4 nitrogen and oxygen atoms in total. The third-order valence-electron chi connectivity index (χ3n) is 3.49. The Kier molecular flexibility index (Phi) is 5.34. The quantitative estimate of drug-likeness (QED) is 0.716. The van der Waals surface area contributed by atoms with Gasteiger partial charge < -0.3 is 19.5 Å². The summed E-state index contributed by atoms with van der Waals surface area (Å²) in [6.45, 7) is 4.61. The fraction of sp³-hybridized carbons (Fsp3) is 0.600. The second-order valence-corrected chi connectivity index (χ2v) is 5.43. The molecule has 0 aliphatic carbocycles. The smallest absolute Gasteiger partial charge is 0.0717 e. The molecule has 1 aliphatic heterocycles. The summed E-state index contributed by atoms with van der Waals surface area (Å²) in [5.41, 5.74) is 1.15. The van der Waals surface area contributed by atoms with E-state index in [1.165, 1.54) is 5.56 Å². The molecule has 1 N–H and O–H groups in total. The van der Waals surface area contributed by atoms with E-state index in [0.29, 0.717) is 26.4 Å². The Morgan fingerprint density at radius 2 is 2.05 bits per heavy atom. The fourth-order valence-electron chi connectivity index (χ4n) is 2.26. The van der Waals surface area contributed by atoms with Crippen LogP contribution in [0.2, 0.25) is 0 Å². The molecular weight excluding hydrogens is 242 g/mol. The summed E-state index contributed by atoms with van der Waals surface area (Å²) in [4.78, 5) is 2.20. The van der Waals surface area contributed by atoms with E-state index >= 15 is 0 Å². The molecule has 0 spiro atoms. The Bertz CT molecular complexity index is 359. The van der Waals surface area contributed by atoms with Gasteiger partial charge in [-0.2, -0.15) is 0 Å². The zero-order chi connectivity index (χ0) is 13.6. The zero-order valence-electron chi connectivity index (χ0n) is 11.5. The highest BCUT2D eigenvalue weighted by Crippen LogP contribution is 2.27. The first kappa shape index (κ1) is 14.5. The van der Waals surface area contributed by atoms with Gasteiger partial charge in [0.05, 0.1) is 38.4 Å². The molecule has 0 bridgehead atoms. The van der Waals surface area contributed by atoms with E-state index in [1.807, 2.05) is 18.2 Å². The first-order chi connectivity index (χ1) is 9.24. The standard InChI is InChI=1S/C15H23NO3/c1-16(10-15(11-17)12-19-13-15)7-8-18-9-14-5-3-2-4-6-14/h2-6,17H,7-13H2,1H3. The second kappa shape index (κ2) is 7.01. The molecule has 1 aromatic rings. The van der Waals surface area contributed by atoms with Crippen molar-refractivity contribution < 1.29 is 14.6 Å². The molecule has 0 aromatic heterocycles. The van der Waals surface area contributed by atoms with Crippen LogP contribution in [0.4, 0.5) is 0 Å². The Morgan fingerprint density at radius 1 is 1.32 bits per heavy atom. The van der Waals surface area contributed by atoms with Crippen molar-refractivity contribution >= 4 is 0 Å². The molecule has 0 unspecified atom stereocenters. The maximum Gasteiger partial charge on any atom is 0.0717 e. The van der Waals surface area contributed by atoms with Crippen molar-refractivity contribution in [2.45, 2.75) is 6.61 Å². The lowest BCUT2D eigenvalue weighted by Crippen LogP contribution is -2.52. The van der Waals surface area contributed by atoms with Crippen LogP contribution < -0.4 is 0 Å². The Hall–Kier alpha value is -0.940. The van der Waals surface area contributed by atoms with Gasteiger partial charge in [-0.3, -0.25) is 0 Å². The lowest BCUT2D eigenvalue weighted by molar-refractivity contribution is -0.147. The maximum absolute atomic E-state index is 9.37. The summed E-state index contributed by atoms with van der Waals surface area (Å²) in [5.74, 6) is 0. The maximum atomic E-state index is 9.37. The molecule has 4 heteroatoms. The summed E-state index contributed by atoms with van der Waals surface area (Å²) in [6, 6.07) is 10.2. The number of nitrogens with zero attached hydrogens (tertiary/aromatic N) is 1. The number of hydrogen-bond acceptors (Lipinski definition) is 4. The summed E-state index contributed by atoms with van der Waals surface area (Å²) in [6.07, 6.45) is 0. The minimum atomic E-state index is -0.0474. The number of aliphatic hydroxyl groups excluding tert-OH is 1. The number of benzene rings is 1. The average Bonchev–Trinajstić information content (AvgIpc) is 2.40. The fourth-order valence-corrected chi connectivity index (χ4v) is 2.26. The molecule has 0 saturated carbocycles. The third kappa shape index (κ3) is 4.28. The normalized spacial score (nSPS) is 17.4. The van der Waals surface area contributed by atoms with Gasteiger partial charge in [-0.1, -0.05) is 30.3 Å². The third-order valence-corrected chi connectivity index (χ3v) is 3.49. The van der Waals surface area contributed by atoms with Crippen LogP contribution in [0, 0.1) is 5.41 Å². The molecule has 1 heterocycles. The SMILES string of the molecule is CN(CCOCc1ccccc1)CC1(CO)COC1. The molecule has 106 valence electrons. The van der Waals surface area contributed by atoms with E-state index in [1.54, 1.807) is 0 Å². The van der Waals surface area contributed by atoms with Gasteiger partial charge in [-0.15, -0.1) is 0 Å². The monoisotopic (exact) mass is 265 g/mol. The van der Waals surface area contributed by atoms with Gasteiger partial charge in [-0.05, 0) is 12.6 Å². The minimum absolute atomic E-state index is 0.0474. The summed E-state index contributed by atoms with van der Waals surface area (Å²) >= 11 is 0. The second-order valence-electron chi connectivity index (χ2n) is 5.43. The van der Waals surface area contributed by atoms with E-state index in [0.717, 1.165) is 13.1 Å². The molecule has 0 amide bonds. The predicted octanol–water partition coefficient (Wildman–Crippen LogP) is 1.14. The molecule has 1 aromatic carbocycles. The van der Waals surface area contributed by atoms with Crippen LogP contribution in [0.15, 0.2) is 30.3 Å². The van der Waals surface area contributed by atoms with Crippen molar-refractivity contribution in [3.05, 3.63) is 35.9 Å². The van der Waals surface area contributed by atoms with Crippen LogP contribution in [-0.4, -0.2) is 56.6 Å². The molecule has 0 atom stereocenters. The number of likely N-dealkylation sites (N-methyl/N-ethyl adjacent to an activating group) is 1. The first-order valence-corrected chi connectivity index (χ1v) is 6.73. The molecule has 1 saturated heterocycles. The Morgan fingerprint density at radius 3 is 2.63 bits per heavy atom. The van der Waals surface area contributed by atoms with Crippen molar-refractivity contribution in [2.75, 3.05) is 46.6 Å². The van der Waals surface area contributed by atoms with E-state index in [4.69, 9.17) is 9.47 Å². The lowest BCUT2D eigenvalue weighted by Gasteiger charge is -2.42. The lowest BCUT2D eigenvalue weighted by atomic mass is 9.86. The first-order valence-electron chi connectivity index (χ1n) is 6.73. The van der Waals surface area contributed by atoms with Crippen molar-refractivity contribution in [3.8, 4) is 0 Å². The zero-order valence-corrected chi connectivity index (χ0v) is 11.5. The van der Waals surface area contributed by atoms with Crippen LogP contribution in [0.25, 0.3) is 0 Å². The van der Waals surface area contributed by atoms with E-state index in [-0.39, 0.29) is 12.0 Å². The van der Waals surface area contributed by atoms with E-state index in [2.05, 4.69) is 24.1 Å². The van der Waals surface area contributed by atoms with Crippen molar-refractivity contribution in [2.24, 2.45) is 5.41 Å². The number of aliphatic hydroxyl groups is 1. The van der Waals surface area contributed by atoms with Crippen LogP contribution in [0.5, 0.6) is 0 Å². The predicted molar refractivity (Wildman–Crippen MR) is 73.9 cm³/mol. The number of rotatable bonds is 8. The Labute approximate surface area is 114 Å². The Balaban J connectivity index is 1.60. The summed E-state index contributed by atoms with van der Waals surface area (Å²) in [7, 11) is 2.06. The van der Waals surface area contributed by atoms with Gasteiger partial charge in [-0.25, -0.2) is 0 Å². The highest BCUT2D eigenvalue weighted by molar-refractivity contribution is 5.13. The van der Waals surface area contributed by atoms with Gasteiger partial charge in [0.2, 0.25) is 0 Å². The minimum Gasteiger partial charge on any atom is -0.396 e. The largest absolute Gasteiger partial charge is 0.396 e. The van der Waals surface area contributed by atoms with Crippen LogP contribution >= 0.6 is 0 Å². The van der Waals surface area contributed by atoms with Gasteiger partial charge in [0.15, 0.2) is 0 Å². The van der Waals surface area contributed by atoms with E-state index in [9.17, 15) is 5.11 Å². The highest BCUT2D eigenvalue weighted by Gasteiger charge is 2.38. The molecule has 19 heavy (non-hydrogen) atoms. The number of hydrogen-bond donors (Lipinski definition) is 1. The number of ether oxygens (including phenoxy) is 2. The average molecular weight is 265 g/mol. The molecule has 1 aliphatic rings. The van der Waals surface area contributed by atoms with Crippen molar-refractivity contribution in [1.82, 2.24) is 4.90 Å². The summed E-state index contributed by atoms with van der Waals surface area (Å²) in [5, 5.41) is 9.37. The van der Waals surface area contributed by atoms with Gasteiger partial charge in [0, 0.05) is 13.1 Å². The van der Waals surface area contributed by atoms with Crippen LogP contribution in [0.1, 0.15) is 5.56 Å². The summed E-state index contributed by atoms with van der Waals surface area (Å²) < 4.78 is 10.9. The van der Waals surface area contributed by atoms with E-state index < -0.39 is 0 Å². The molecular formula is C15H23NO3. The van der Waals surface area contributed by atoms with Crippen LogP contribution in [-0.2, 0) is 16.1 Å². The van der Waals surface area contributed by atoms with Crippen LogP contribution in [0.3, 0.4) is 0 Å². The highest BCUT2D eigenvalue weighted by atomic mass is 16.5. The van der Waals surface area contributed by atoms with Crippen molar-refractivity contribution in [1.29, 1.82) is 0 Å². The molecule has 2 rings (SSSR count). The van der Waals surface area contributed by atoms with Gasteiger partial charge >= 0.3 is 0 Å². The molecule has 1 fully saturated rings. The van der Waals surface area contributed by atoms with Crippen molar-refractivity contribution in [3.63, 3.8) is 0 Å². The topological polar surface area (TPSA) is 41.9 Å². The van der Waals surface area contributed by atoms with Gasteiger partial charge in [0.1, 0.15) is 0 Å².